The van der Waals surface area contributed by atoms with Crippen LogP contribution in [0.3, 0.4) is 0 Å². The second-order valence-electron chi connectivity index (χ2n) is 7.88. The van der Waals surface area contributed by atoms with Crippen LogP contribution in [0.5, 0.6) is 0 Å². The molecule has 0 spiro atoms. The van der Waals surface area contributed by atoms with Gasteiger partial charge in [0.2, 0.25) is 5.91 Å². The van der Waals surface area contributed by atoms with Gasteiger partial charge < -0.3 is 15.0 Å². The van der Waals surface area contributed by atoms with Gasteiger partial charge in [-0.25, -0.2) is 9.97 Å². The molecule has 3 rings (SSSR count). The van der Waals surface area contributed by atoms with Crippen LogP contribution in [-0.4, -0.2) is 60.0 Å². The van der Waals surface area contributed by atoms with Gasteiger partial charge in [0.05, 0.1) is 11.3 Å². The minimum atomic E-state index is -0.259. The number of ether oxygens (including phenoxy) is 1. The molecule has 0 aromatic carbocycles. The molecule has 1 aliphatic heterocycles. The van der Waals surface area contributed by atoms with E-state index in [2.05, 4.69) is 15.3 Å². The second kappa shape index (κ2) is 8.78. The standard InChI is InChI=1S/C20H30N4O3/c1-13-21-12-16(20(26)24(2)3)18(23-13)15-8-6-14(7-9-15)11-22-19(25)17-5-4-10-27-17/h12,14-15,17H,4-11H2,1-3H3,(H,22,25). The quantitative estimate of drug-likeness (QED) is 0.853. The summed E-state index contributed by atoms with van der Waals surface area (Å²) in [6, 6.07) is 0. The Morgan fingerprint density at radius 1 is 1.22 bits per heavy atom. The number of aromatic nitrogens is 2. The summed E-state index contributed by atoms with van der Waals surface area (Å²) in [5.74, 6) is 1.43. The summed E-state index contributed by atoms with van der Waals surface area (Å²) in [7, 11) is 3.50. The summed E-state index contributed by atoms with van der Waals surface area (Å²) in [5.41, 5.74) is 1.49. The Balaban J connectivity index is 1.56. The van der Waals surface area contributed by atoms with Crippen LogP contribution in [0.15, 0.2) is 6.20 Å². The molecule has 2 aliphatic rings. The molecule has 2 fully saturated rings. The lowest BCUT2D eigenvalue weighted by molar-refractivity contribution is -0.130. The van der Waals surface area contributed by atoms with Crippen LogP contribution in [0.25, 0.3) is 0 Å². The number of hydrogen-bond donors (Lipinski definition) is 1. The Bertz CT molecular complexity index is 678. The summed E-state index contributed by atoms with van der Waals surface area (Å²) in [4.78, 5) is 35.0. The molecule has 0 bridgehead atoms. The molecule has 1 saturated heterocycles. The van der Waals surface area contributed by atoms with Crippen molar-refractivity contribution < 1.29 is 14.3 Å². The number of amides is 2. The SMILES string of the molecule is Cc1ncc(C(=O)N(C)C)c(C2CCC(CNC(=O)C3CCCO3)CC2)n1. The highest BCUT2D eigenvalue weighted by atomic mass is 16.5. The first-order valence-corrected chi connectivity index (χ1v) is 9.90. The lowest BCUT2D eigenvalue weighted by atomic mass is 9.79. The summed E-state index contributed by atoms with van der Waals surface area (Å²) >= 11 is 0. The van der Waals surface area contributed by atoms with E-state index in [1.54, 1.807) is 25.2 Å². The molecule has 1 aliphatic carbocycles. The molecule has 1 atom stereocenters. The number of carbonyl (C=O) groups excluding carboxylic acids is 2. The fourth-order valence-electron chi connectivity index (χ4n) is 3.99. The van der Waals surface area contributed by atoms with Gasteiger partial charge in [0.1, 0.15) is 11.9 Å². The van der Waals surface area contributed by atoms with Crippen molar-refractivity contribution >= 4 is 11.8 Å². The minimum Gasteiger partial charge on any atom is -0.368 e. The highest BCUT2D eigenvalue weighted by Crippen LogP contribution is 2.36. The predicted octanol–water partition coefficient (Wildman–Crippen LogP) is 2.06. The molecule has 1 N–H and O–H groups in total. The Kier molecular flexibility index (Phi) is 6.42. The highest BCUT2D eigenvalue weighted by molar-refractivity contribution is 5.94. The maximum atomic E-state index is 12.5. The lowest BCUT2D eigenvalue weighted by Crippen LogP contribution is -2.38. The molecule has 2 heterocycles. The maximum Gasteiger partial charge on any atom is 0.256 e. The second-order valence-corrected chi connectivity index (χ2v) is 7.88. The van der Waals surface area contributed by atoms with Crippen LogP contribution in [0.2, 0.25) is 0 Å². The van der Waals surface area contributed by atoms with Crippen LogP contribution < -0.4 is 5.32 Å². The number of rotatable bonds is 5. The maximum absolute atomic E-state index is 12.5. The first-order chi connectivity index (χ1) is 13.0. The average Bonchev–Trinajstić information content (AvgIpc) is 3.21. The van der Waals surface area contributed by atoms with Gasteiger partial charge in [0.15, 0.2) is 0 Å². The van der Waals surface area contributed by atoms with Crippen molar-refractivity contribution in [3.05, 3.63) is 23.3 Å². The summed E-state index contributed by atoms with van der Waals surface area (Å²) in [6.07, 6.45) is 7.20. The summed E-state index contributed by atoms with van der Waals surface area (Å²) < 4.78 is 5.43. The Morgan fingerprint density at radius 3 is 2.59 bits per heavy atom. The zero-order chi connectivity index (χ0) is 19.4. The first kappa shape index (κ1) is 19.7. The first-order valence-electron chi connectivity index (χ1n) is 9.90. The van der Waals surface area contributed by atoms with E-state index in [0.717, 1.165) is 44.2 Å². The van der Waals surface area contributed by atoms with Crippen molar-refractivity contribution in [3.63, 3.8) is 0 Å². The molecule has 1 aromatic heterocycles. The molecular weight excluding hydrogens is 344 g/mol. The van der Waals surface area contributed by atoms with Gasteiger partial charge in [-0.1, -0.05) is 0 Å². The monoisotopic (exact) mass is 374 g/mol. The van der Waals surface area contributed by atoms with E-state index < -0.39 is 0 Å². The van der Waals surface area contributed by atoms with Gasteiger partial charge in [0, 0.05) is 39.4 Å². The number of carbonyl (C=O) groups is 2. The fourth-order valence-corrected chi connectivity index (χ4v) is 3.99. The number of nitrogens with one attached hydrogen (secondary N) is 1. The normalized spacial score (nSPS) is 25.2. The number of hydrogen-bond acceptors (Lipinski definition) is 5. The molecule has 148 valence electrons. The van der Waals surface area contributed by atoms with Crippen molar-refractivity contribution in [2.75, 3.05) is 27.2 Å². The molecule has 2 amide bonds. The van der Waals surface area contributed by atoms with Crippen LogP contribution in [0.1, 0.15) is 66.3 Å². The van der Waals surface area contributed by atoms with Gasteiger partial charge >= 0.3 is 0 Å². The van der Waals surface area contributed by atoms with Crippen LogP contribution in [0.4, 0.5) is 0 Å². The molecule has 7 heteroatoms. The minimum absolute atomic E-state index is 0.0277. The topological polar surface area (TPSA) is 84.4 Å². The van der Waals surface area contributed by atoms with Crippen LogP contribution in [0, 0.1) is 12.8 Å². The number of nitrogens with zero attached hydrogens (tertiary/aromatic N) is 3. The Morgan fingerprint density at radius 2 is 1.96 bits per heavy atom. The van der Waals surface area contributed by atoms with Crippen molar-refractivity contribution in [2.24, 2.45) is 5.92 Å². The van der Waals surface area contributed by atoms with Crippen molar-refractivity contribution in [3.8, 4) is 0 Å². The van der Waals surface area contributed by atoms with Gasteiger partial charge in [0.25, 0.3) is 5.91 Å². The van der Waals surface area contributed by atoms with Crippen molar-refractivity contribution in [1.29, 1.82) is 0 Å². The molecule has 1 unspecified atom stereocenters. The summed E-state index contributed by atoms with van der Waals surface area (Å²) in [5, 5.41) is 3.05. The third kappa shape index (κ3) is 4.83. The van der Waals surface area contributed by atoms with E-state index in [0.29, 0.717) is 30.5 Å². The molecule has 1 saturated carbocycles. The fraction of sp³-hybridized carbons (Fsp3) is 0.700. The van der Waals surface area contributed by atoms with E-state index in [-0.39, 0.29) is 23.8 Å². The van der Waals surface area contributed by atoms with Gasteiger partial charge in [-0.15, -0.1) is 0 Å². The zero-order valence-electron chi connectivity index (χ0n) is 16.5. The van der Waals surface area contributed by atoms with Gasteiger partial charge in [-0.05, 0) is 51.4 Å². The van der Waals surface area contributed by atoms with Crippen LogP contribution in [-0.2, 0) is 9.53 Å². The van der Waals surface area contributed by atoms with Crippen molar-refractivity contribution in [1.82, 2.24) is 20.2 Å². The Hall–Kier alpha value is -2.02. The smallest absolute Gasteiger partial charge is 0.256 e. The van der Waals surface area contributed by atoms with Gasteiger partial charge in [-0.3, -0.25) is 9.59 Å². The average molecular weight is 374 g/mol. The summed E-state index contributed by atoms with van der Waals surface area (Å²) in [6.45, 7) is 3.26. The third-order valence-corrected chi connectivity index (χ3v) is 5.60. The van der Waals surface area contributed by atoms with E-state index in [4.69, 9.17) is 4.74 Å². The number of aryl methyl sites for hydroxylation is 1. The zero-order valence-corrected chi connectivity index (χ0v) is 16.5. The van der Waals surface area contributed by atoms with Gasteiger partial charge in [-0.2, -0.15) is 0 Å². The molecular formula is C20H30N4O3. The van der Waals surface area contributed by atoms with E-state index in [1.165, 1.54) is 0 Å². The van der Waals surface area contributed by atoms with E-state index >= 15 is 0 Å². The molecule has 7 nitrogen and oxygen atoms in total. The molecule has 0 radical (unpaired) electrons. The highest BCUT2D eigenvalue weighted by Gasteiger charge is 2.29. The van der Waals surface area contributed by atoms with E-state index in [9.17, 15) is 9.59 Å². The van der Waals surface area contributed by atoms with Crippen LogP contribution >= 0.6 is 0 Å². The largest absolute Gasteiger partial charge is 0.368 e. The van der Waals surface area contributed by atoms with Crippen molar-refractivity contribution in [2.45, 2.75) is 57.5 Å². The predicted molar refractivity (Wildman–Crippen MR) is 101 cm³/mol. The van der Waals surface area contributed by atoms with E-state index in [1.807, 2.05) is 6.92 Å². The molecule has 27 heavy (non-hydrogen) atoms. The molecule has 1 aromatic rings. The third-order valence-electron chi connectivity index (χ3n) is 5.60. The lowest BCUT2D eigenvalue weighted by Gasteiger charge is -2.29. The Labute approximate surface area is 160 Å².